The van der Waals surface area contributed by atoms with Crippen molar-refractivity contribution in [3.05, 3.63) is 89.4 Å². The summed E-state index contributed by atoms with van der Waals surface area (Å²) < 4.78 is 24.0. The lowest BCUT2D eigenvalue weighted by Crippen LogP contribution is -2.30. The number of amides is 1. The molecule has 2 heterocycles. The van der Waals surface area contributed by atoms with Gasteiger partial charge in [0, 0.05) is 11.8 Å². The highest BCUT2D eigenvalue weighted by atomic mass is 19.1. The van der Waals surface area contributed by atoms with E-state index in [1.165, 1.54) is 37.4 Å². The second-order valence-electron chi connectivity index (χ2n) is 6.98. The zero-order chi connectivity index (χ0) is 22.8. The van der Waals surface area contributed by atoms with Crippen LogP contribution in [0.2, 0.25) is 0 Å². The predicted octanol–water partition coefficient (Wildman–Crippen LogP) is 3.86. The third-order valence-electron chi connectivity index (χ3n) is 5.18. The van der Waals surface area contributed by atoms with Crippen LogP contribution in [0.25, 0.3) is 5.76 Å². The Hall–Kier alpha value is -4.20. The number of ketones is 1. The molecular formula is C24H19FN2O5. The molecule has 0 radical (unpaired) electrons. The van der Waals surface area contributed by atoms with E-state index < -0.39 is 29.3 Å². The van der Waals surface area contributed by atoms with E-state index in [4.69, 9.17) is 9.47 Å². The van der Waals surface area contributed by atoms with Gasteiger partial charge in [-0.1, -0.05) is 12.1 Å². The minimum Gasteiger partial charge on any atom is -0.507 e. The third-order valence-corrected chi connectivity index (χ3v) is 5.18. The second-order valence-corrected chi connectivity index (χ2v) is 6.98. The Morgan fingerprint density at radius 1 is 1.00 bits per heavy atom. The van der Waals surface area contributed by atoms with Crippen LogP contribution in [-0.2, 0) is 9.59 Å². The van der Waals surface area contributed by atoms with E-state index >= 15 is 0 Å². The summed E-state index contributed by atoms with van der Waals surface area (Å²) in [6.45, 7) is 0. The number of aliphatic hydroxyl groups excluding tert-OH is 1. The molecule has 0 unspecified atom stereocenters. The van der Waals surface area contributed by atoms with Crippen LogP contribution >= 0.6 is 0 Å². The van der Waals surface area contributed by atoms with Gasteiger partial charge in [-0.3, -0.25) is 14.5 Å². The molecule has 8 heteroatoms. The van der Waals surface area contributed by atoms with Crippen molar-refractivity contribution in [2.24, 2.45) is 0 Å². The molecule has 1 atom stereocenters. The Kier molecular flexibility index (Phi) is 5.59. The van der Waals surface area contributed by atoms with Gasteiger partial charge >= 0.3 is 5.91 Å². The summed E-state index contributed by atoms with van der Waals surface area (Å²) in [4.78, 5) is 31.5. The van der Waals surface area contributed by atoms with Crippen molar-refractivity contribution in [3.63, 3.8) is 0 Å². The summed E-state index contributed by atoms with van der Waals surface area (Å²) in [5.74, 6) is -1.53. The maximum absolute atomic E-state index is 13.4. The summed E-state index contributed by atoms with van der Waals surface area (Å²) in [6, 6.07) is 13.9. The maximum Gasteiger partial charge on any atom is 0.301 e. The summed E-state index contributed by atoms with van der Waals surface area (Å²) in [7, 11) is 2.96. The van der Waals surface area contributed by atoms with Gasteiger partial charge in [0.2, 0.25) is 0 Å². The van der Waals surface area contributed by atoms with Crippen LogP contribution < -0.4 is 14.4 Å². The van der Waals surface area contributed by atoms with Crippen LogP contribution in [0, 0.1) is 5.82 Å². The normalized spacial score (nSPS) is 17.5. The van der Waals surface area contributed by atoms with E-state index in [-0.39, 0.29) is 17.0 Å². The Morgan fingerprint density at radius 2 is 1.72 bits per heavy atom. The molecule has 1 aliphatic rings. The molecular weight excluding hydrogens is 415 g/mol. The van der Waals surface area contributed by atoms with Gasteiger partial charge in [-0.25, -0.2) is 9.37 Å². The van der Waals surface area contributed by atoms with Gasteiger partial charge in [0.15, 0.2) is 11.5 Å². The first-order valence-corrected chi connectivity index (χ1v) is 9.66. The van der Waals surface area contributed by atoms with E-state index in [0.717, 1.165) is 12.1 Å². The third kappa shape index (κ3) is 3.56. The molecule has 0 bridgehead atoms. The minimum atomic E-state index is -0.991. The number of nitrogens with zero attached hydrogens (tertiary/aromatic N) is 2. The van der Waals surface area contributed by atoms with Gasteiger partial charge in [-0.05, 0) is 54.1 Å². The number of aromatic nitrogens is 1. The Labute approximate surface area is 183 Å². The first kappa shape index (κ1) is 21.0. The molecule has 4 rings (SSSR count). The van der Waals surface area contributed by atoms with Crippen molar-refractivity contribution in [2.45, 2.75) is 6.04 Å². The summed E-state index contributed by atoms with van der Waals surface area (Å²) in [5, 5.41) is 11.0. The van der Waals surface area contributed by atoms with E-state index in [0.29, 0.717) is 17.1 Å². The quantitative estimate of drug-likeness (QED) is 0.373. The number of rotatable bonds is 5. The lowest BCUT2D eigenvalue weighted by molar-refractivity contribution is -0.132. The van der Waals surface area contributed by atoms with Crippen LogP contribution in [0.1, 0.15) is 17.2 Å². The number of hydrogen-bond donors (Lipinski definition) is 1. The van der Waals surface area contributed by atoms with Crippen molar-refractivity contribution in [2.75, 3.05) is 19.1 Å². The molecule has 0 aliphatic carbocycles. The number of pyridine rings is 1. The largest absolute Gasteiger partial charge is 0.507 e. The Balaban J connectivity index is 1.96. The Bertz CT molecular complexity index is 1210. The summed E-state index contributed by atoms with van der Waals surface area (Å²) in [6.07, 6.45) is 1.50. The fourth-order valence-corrected chi connectivity index (χ4v) is 3.67. The van der Waals surface area contributed by atoms with E-state index in [2.05, 4.69) is 4.98 Å². The highest BCUT2D eigenvalue weighted by Gasteiger charge is 2.47. The fraction of sp³-hybridized carbons (Fsp3) is 0.125. The molecule has 162 valence electrons. The van der Waals surface area contributed by atoms with Gasteiger partial charge in [-0.15, -0.1) is 0 Å². The first-order valence-electron chi connectivity index (χ1n) is 9.66. The summed E-state index contributed by atoms with van der Waals surface area (Å²) >= 11 is 0. The number of methoxy groups -OCH3 is 2. The number of Topliss-reactive ketones (excluding diaryl/α,β-unsaturated/α-hetero) is 1. The second kappa shape index (κ2) is 8.50. The first-order chi connectivity index (χ1) is 15.5. The number of anilines is 1. The van der Waals surface area contributed by atoms with Crippen molar-refractivity contribution in [1.82, 2.24) is 4.98 Å². The highest BCUT2D eigenvalue weighted by Crippen LogP contribution is 2.43. The van der Waals surface area contributed by atoms with E-state index in [9.17, 15) is 19.1 Å². The number of ether oxygens (including phenoxy) is 2. The molecule has 1 amide bonds. The van der Waals surface area contributed by atoms with Crippen molar-refractivity contribution < 1.29 is 28.6 Å². The standard InChI is InChI=1S/C24H19FN2O5/c1-31-17-11-8-15(13-18(17)32-2)21-20(22(28)14-6-9-16(25)10-7-14)23(29)24(30)27(21)19-5-3-4-12-26-19/h3-13,21,28H,1-2H3/b22-20+/t21-/m0/s1. The number of carbonyl (C=O) groups excluding carboxylic acids is 2. The van der Waals surface area contributed by atoms with E-state index in [1.807, 2.05) is 0 Å². The molecule has 32 heavy (non-hydrogen) atoms. The lowest BCUT2D eigenvalue weighted by atomic mass is 9.95. The zero-order valence-electron chi connectivity index (χ0n) is 17.3. The molecule has 0 spiro atoms. The number of benzene rings is 2. The monoisotopic (exact) mass is 434 g/mol. The highest BCUT2D eigenvalue weighted by molar-refractivity contribution is 6.51. The minimum absolute atomic E-state index is 0.139. The smallest absolute Gasteiger partial charge is 0.301 e. The molecule has 1 N–H and O–H groups in total. The zero-order valence-corrected chi connectivity index (χ0v) is 17.3. The molecule has 1 aliphatic heterocycles. The van der Waals surface area contributed by atoms with Gasteiger partial charge in [0.05, 0.1) is 25.8 Å². The molecule has 1 aromatic heterocycles. The van der Waals surface area contributed by atoms with E-state index in [1.54, 1.807) is 36.4 Å². The predicted molar refractivity (Wildman–Crippen MR) is 115 cm³/mol. The number of carbonyl (C=O) groups is 2. The average Bonchev–Trinajstić information content (AvgIpc) is 3.09. The summed E-state index contributed by atoms with van der Waals surface area (Å²) in [5.41, 5.74) is 0.562. The van der Waals surface area contributed by atoms with Gasteiger partial charge in [-0.2, -0.15) is 0 Å². The van der Waals surface area contributed by atoms with Crippen molar-refractivity contribution in [3.8, 4) is 11.5 Å². The molecule has 1 saturated heterocycles. The lowest BCUT2D eigenvalue weighted by Gasteiger charge is -2.25. The van der Waals surface area contributed by atoms with Crippen LogP contribution in [0.3, 0.4) is 0 Å². The number of hydrogen-bond acceptors (Lipinski definition) is 6. The fourth-order valence-electron chi connectivity index (χ4n) is 3.67. The molecule has 0 saturated carbocycles. The van der Waals surface area contributed by atoms with Gasteiger partial charge in [0.25, 0.3) is 5.78 Å². The average molecular weight is 434 g/mol. The van der Waals surface area contributed by atoms with Crippen LogP contribution in [0.15, 0.2) is 72.4 Å². The molecule has 1 fully saturated rings. The SMILES string of the molecule is COc1ccc([C@H]2/C(=C(\O)c3ccc(F)cc3)C(=O)C(=O)N2c2ccccn2)cc1OC. The van der Waals surface area contributed by atoms with Gasteiger partial charge < -0.3 is 14.6 Å². The van der Waals surface area contributed by atoms with Gasteiger partial charge in [0.1, 0.15) is 17.4 Å². The number of halogens is 1. The molecule has 7 nitrogen and oxygen atoms in total. The van der Waals surface area contributed by atoms with Crippen LogP contribution in [-0.4, -0.2) is 36.0 Å². The van der Waals surface area contributed by atoms with Crippen molar-refractivity contribution in [1.29, 1.82) is 0 Å². The Morgan fingerprint density at radius 3 is 2.34 bits per heavy atom. The molecule has 3 aromatic rings. The number of aliphatic hydroxyl groups is 1. The molecule has 2 aromatic carbocycles. The topological polar surface area (TPSA) is 89.0 Å². The maximum atomic E-state index is 13.4. The van der Waals surface area contributed by atoms with Crippen molar-refractivity contribution >= 4 is 23.3 Å². The van der Waals surface area contributed by atoms with Crippen LogP contribution in [0.5, 0.6) is 11.5 Å². The van der Waals surface area contributed by atoms with Crippen LogP contribution in [0.4, 0.5) is 10.2 Å².